The van der Waals surface area contributed by atoms with Crippen molar-refractivity contribution in [1.82, 2.24) is 15.1 Å². The molecule has 0 radical (unpaired) electrons. The average molecular weight is 262 g/mol. The zero-order valence-corrected chi connectivity index (χ0v) is 12.4. The number of aromatic nitrogens is 2. The first-order valence-electron chi connectivity index (χ1n) is 7.65. The van der Waals surface area contributed by atoms with E-state index in [0.29, 0.717) is 11.6 Å². The Morgan fingerprint density at radius 3 is 2.74 bits per heavy atom. The molecule has 2 heterocycles. The van der Waals surface area contributed by atoms with Crippen LogP contribution in [-0.4, -0.2) is 34.5 Å². The van der Waals surface area contributed by atoms with E-state index >= 15 is 0 Å². The Bertz CT molecular complexity index is 445. The summed E-state index contributed by atoms with van der Waals surface area (Å²) in [6.45, 7) is 6.69. The van der Waals surface area contributed by atoms with E-state index in [2.05, 4.69) is 35.4 Å². The van der Waals surface area contributed by atoms with Crippen LogP contribution in [0.5, 0.6) is 0 Å². The number of anilines is 1. The van der Waals surface area contributed by atoms with Gasteiger partial charge in [0.25, 0.3) is 0 Å². The third-order valence-corrected chi connectivity index (χ3v) is 4.96. The van der Waals surface area contributed by atoms with Crippen molar-refractivity contribution in [3.63, 3.8) is 0 Å². The molecule has 2 aliphatic rings. The maximum Gasteiger partial charge on any atom is 0.0827 e. The summed E-state index contributed by atoms with van der Waals surface area (Å²) in [6.07, 6.45) is 8.80. The molecular formula is C15H26N4. The smallest absolute Gasteiger partial charge is 0.0827 e. The van der Waals surface area contributed by atoms with Gasteiger partial charge in [0, 0.05) is 37.9 Å². The van der Waals surface area contributed by atoms with Crippen molar-refractivity contribution in [2.24, 2.45) is 7.05 Å². The highest BCUT2D eigenvalue weighted by atomic mass is 15.3. The average Bonchev–Trinajstić information content (AvgIpc) is 2.97. The van der Waals surface area contributed by atoms with Crippen LogP contribution in [0, 0.1) is 6.92 Å². The minimum Gasteiger partial charge on any atom is -0.363 e. The summed E-state index contributed by atoms with van der Waals surface area (Å²) in [7, 11) is 2.02. The predicted octanol–water partition coefficient (Wildman–Crippen LogP) is 2.23. The first kappa shape index (κ1) is 13.0. The van der Waals surface area contributed by atoms with E-state index < -0.39 is 0 Å². The van der Waals surface area contributed by atoms with Crippen molar-refractivity contribution in [2.45, 2.75) is 57.5 Å². The monoisotopic (exact) mass is 262 g/mol. The molecule has 4 heteroatoms. The quantitative estimate of drug-likeness (QED) is 0.887. The van der Waals surface area contributed by atoms with Gasteiger partial charge in [0.05, 0.1) is 11.4 Å². The molecule has 1 spiro atoms. The largest absolute Gasteiger partial charge is 0.363 e. The first-order valence-corrected chi connectivity index (χ1v) is 7.65. The number of nitrogens with one attached hydrogen (secondary N) is 1. The predicted molar refractivity (Wildman–Crippen MR) is 78.6 cm³/mol. The van der Waals surface area contributed by atoms with Crippen molar-refractivity contribution in [3.05, 3.63) is 11.9 Å². The van der Waals surface area contributed by atoms with Crippen LogP contribution in [0.2, 0.25) is 0 Å². The fraction of sp³-hybridized carbons (Fsp3) is 0.800. The van der Waals surface area contributed by atoms with E-state index in [4.69, 9.17) is 0 Å². The number of piperazine rings is 1. The van der Waals surface area contributed by atoms with E-state index in [1.165, 1.54) is 37.8 Å². The summed E-state index contributed by atoms with van der Waals surface area (Å²) < 4.78 is 1.95. The number of aryl methyl sites for hydroxylation is 2. The van der Waals surface area contributed by atoms with Gasteiger partial charge in [-0.1, -0.05) is 19.8 Å². The minimum atomic E-state index is 0.369. The van der Waals surface area contributed by atoms with Crippen LogP contribution in [0.1, 0.15) is 44.7 Å². The van der Waals surface area contributed by atoms with Gasteiger partial charge in [0.1, 0.15) is 0 Å². The normalized spacial score (nSPS) is 26.3. The van der Waals surface area contributed by atoms with Crippen molar-refractivity contribution in [1.29, 1.82) is 0 Å². The van der Waals surface area contributed by atoms with E-state index in [9.17, 15) is 0 Å². The van der Waals surface area contributed by atoms with E-state index in [1.54, 1.807) is 0 Å². The summed E-state index contributed by atoms with van der Waals surface area (Å²) in [4.78, 5) is 2.62. The standard InChI is InChI=1S/C15H26N4/c1-4-13-9-16-15(7-5-6-8-15)11-19(13)14-10-18(3)17-12(14)2/h10,13,16H,4-9,11H2,1-3H3. The Labute approximate surface area is 116 Å². The zero-order chi connectivity index (χ0) is 13.5. The van der Waals surface area contributed by atoms with E-state index in [-0.39, 0.29) is 0 Å². The van der Waals surface area contributed by atoms with Crippen LogP contribution in [0.4, 0.5) is 5.69 Å². The van der Waals surface area contributed by atoms with E-state index in [1.807, 2.05) is 11.7 Å². The van der Waals surface area contributed by atoms with Crippen molar-refractivity contribution in [3.8, 4) is 0 Å². The first-order chi connectivity index (χ1) is 9.13. The molecule has 1 atom stereocenters. The minimum absolute atomic E-state index is 0.369. The molecule has 3 rings (SSSR count). The van der Waals surface area contributed by atoms with Crippen molar-refractivity contribution >= 4 is 5.69 Å². The van der Waals surface area contributed by atoms with Gasteiger partial charge in [-0.2, -0.15) is 5.10 Å². The lowest BCUT2D eigenvalue weighted by molar-refractivity contribution is 0.267. The summed E-state index contributed by atoms with van der Waals surface area (Å²) in [6, 6.07) is 0.606. The number of hydrogen-bond donors (Lipinski definition) is 1. The maximum atomic E-state index is 4.52. The Hall–Kier alpha value is -1.03. The third-order valence-electron chi connectivity index (χ3n) is 4.96. The Balaban J connectivity index is 1.88. The lowest BCUT2D eigenvalue weighted by Gasteiger charge is -2.47. The topological polar surface area (TPSA) is 33.1 Å². The van der Waals surface area contributed by atoms with E-state index in [0.717, 1.165) is 18.8 Å². The third kappa shape index (κ3) is 2.27. The van der Waals surface area contributed by atoms with Gasteiger partial charge in [-0.05, 0) is 26.2 Å². The molecule has 1 N–H and O–H groups in total. The molecule has 1 aliphatic carbocycles. The maximum absolute atomic E-state index is 4.52. The summed E-state index contributed by atoms with van der Waals surface area (Å²) in [5.74, 6) is 0. The molecule has 0 aromatic carbocycles. The molecule has 1 saturated heterocycles. The molecule has 0 bridgehead atoms. The summed E-state index contributed by atoms with van der Waals surface area (Å²) >= 11 is 0. The Morgan fingerprint density at radius 1 is 1.42 bits per heavy atom. The molecule has 106 valence electrons. The number of rotatable bonds is 2. The Morgan fingerprint density at radius 2 is 2.16 bits per heavy atom. The molecule has 1 saturated carbocycles. The lowest BCUT2D eigenvalue weighted by atomic mass is 9.91. The van der Waals surface area contributed by atoms with Crippen molar-refractivity contribution in [2.75, 3.05) is 18.0 Å². The molecule has 19 heavy (non-hydrogen) atoms. The van der Waals surface area contributed by atoms with Gasteiger partial charge in [-0.15, -0.1) is 0 Å². The SMILES string of the molecule is CCC1CNC2(CCCC2)CN1c1cn(C)nc1C. The molecule has 1 unspecified atom stereocenters. The van der Waals surface area contributed by atoms with Crippen LogP contribution in [0.15, 0.2) is 6.20 Å². The second kappa shape index (κ2) is 4.82. The summed E-state index contributed by atoms with van der Waals surface area (Å²) in [5.41, 5.74) is 2.87. The highest BCUT2D eigenvalue weighted by Crippen LogP contribution is 2.36. The van der Waals surface area contributed by atoms with Crippen LogP contribution < -0.4 is 10.2 Å². The van der Waals surface area contributed by atoms with Gasteiger partial charge < -0.3 is 10.2 Å². The van der Waals surface area contributed by atoms with Crippen molar-refractivity contribution < 1.29 is 0 Å². The highest BCUT2D eigenvalue weighted by Gasteiger charge is 2.41. The van der Waals surface area contributed by atoms with Gasteiger partial charge in [0.15, 0.2) is 0 Å². The van der Waals surface area contributed by atoms with Gasteiger partial charge in [-0.3, -0.25) is 4.68 Å². The fourth-order valence-corrected chi connectivity index (χ4v) is 3.86. The number of hydrogen-bond acceptors (Lipinski definition) is 3. The molecule has 1 aromatic heterocycles. The molecule has 2 fully saturated rings. The highest BCUT2D eigenvalue weighted by molar-refractivity contribution is 5.51. The second-order valence-electron chi connectivity index (χ2n) is 6.33. The van der Waals surface area contributed by atoms with Gasteiger partial charge >= 0.3 is 0 Å². The molecule has 4 nitrogen and oxygen atoms in total. The second-order valence-corrected chi connectivity index (χ2v) is 6.33. The molecule has 0 amide bonds. The van der Waals surface area contributed by atoms with Crippen LogP contribution in [0.25, 0.3) is 0 Å². The fourth-order valence-electron chi connectivity index (χ4n) is 3.86. The van der Waals surface area contributed by atoms with Crippen LogP contribution in [-0.2, 0) is 7.05 Å². The van der Waals surface area contributed by atoms with Gasteiger partial charge in [-0.25, -0.2) is 0 Å². The van der Waals surface area contributed by atoms with Crippen LogP contribution >= 0.6 is 0 Å². The summed E-state index contributed by atoms with van der Waals surface area (Å²) in [5, 5.41) is 8.38. The number of nitrogens with zero attached hydrogens (tertiary/aromatic N) is 3. The lowest BCUT2D eigenvalue weighted by Crippen LogP contribution is -2.63. The molecule has 1 aliphatic heterocycles. The van der Waals surface area contributed by atoms with Crippen LogP contribution in [0.3, 0.4) is 0 Å². The van der Waals surface area contributed by atoms with Gasteiger partial charge in [0.2, 0.25) is 0 Å². The zero-order valence-electron chi connectivity index (χ0n) is 12.4. The molecular weight excluding hydrogens is 236 g/mol. The molecule has 1 aromatic rings. The Kier molecular flexibility index (Phi) is 3.29.